The molecule has 38 heavy (non-hydrogen) atoms. The van der Waals surface area contributed by atoms with Crippen LogP contribution >= 0.6 is 22.9 Å². The van der Waals surface area contributed by atoms with E-state index in [1.165, 1.54) is 75.6 Å². The average Bonchev–Trinajstić information content (AvgIpc) is 3.32. The number of carbonyl (C=O) groups excluding carboxylic acids is 1. The molecule has 0 spiro atoms. The van der Waals surface area contributed by atoms with Gasteiger partial charge >= 0.3 is 0 Å². The summed E-state index contributed by atoms with van der Waals surface area (Å²) in [5.74, 6) is 0.571. The lowest BCUT2D eigenvalue weighted by atomic mass is 10.1. The highest BCUT2D eigenvalue weighted by molar-refractivity contribution is 7.09. The Balaban J connectivity index is 1.36. The Labute approximate surface area is 238 Å². The molecule has 0 radical (unpaired) electrons. The van der Waals surface area contributed by atoms with Gasteiger partial charge in [0, 0.05) is 24.1 Å². The molecule has 3 aromatic rings. The number of hydrogen-bond acceptors (Lipinski definition) is 3. The number of anilines is 1. The van der Waals surface area contributed by atoms with Crippen molar-refractivity contribution in [3.63, 3.8) is 0 Å². The van der Waals surface area contributed by atoms with Gasteiger partial charge in [-0.1, -0.05) is 119 Å². The zero-order valence-corrected chi connectivity index (χ0v) is 24.7. The molecule has 0 fully saturated rings. The minimum Gasteiger partial charge on any atom is -0.494 e. The molecule has 0 bridgehead atoms. The molecule has 6 heteroatoms. The summed E-state index contributed by atoms with van der Waals surface area (Å²) in [4.78, 5) is 13.1. The Morgan fingerprint density at radius 2 is 1.58 bits per heavy atom. The molecule has 0 unspecified atom stereocenters. The summed E-state index contributed by atoms with van der Waals surface area (Å²) < 4.78 is 8.06. The maximum Gasteiger partial charge on any atom is 0.256 e. The molecule has 0 aliphatic heterocycles. The maximum atomic E-state index is 13.1. The van der Waals surface area contributed by atoms with E-state index in [0.717, 1.165) is 17.7 Å². The van der Waals surface area contributed by atoms with E-state index in [-0.39, 0.29) is 5.91 Å². The number of thiazole rings is 1. The summed E-state index contributed by atoms with van der Waals surface area (Å²) in [5, 5.41) is 6.70. The standard InChI is InChI=1S/C32H43ClN2O2S/c1-3-4-5-6-7-8-9-10-11-12-13-16-22-37-28-19-20-31(30(33)24-28)34-32(36)29-18-15-14-17-27(29)25-35-21-23-38-26(35)2/h14-15,17-21,23-24H,3-13,16,22,25H2,1-2H3/p+1. The van der Waals surface area contributed by atoms with E-state index < -0.39 is 0 Å². The lowest BCUT2D eigenvalue weighted by Gasteiger charge is -2.12. The molecule has 1 N–H and O–H groups in total. The van der Waals surface area contributed by atoms with E-state index in [0.29, 0.717) is 29.4 Å². The van der Waals surface area contributed by atoms with Crippen LogP contribution in [0.4, 0.5) is 5.69 Å². The zero-order valence-electron chi connectivity index (χ0n) is 23.1. The number of halogens is 1. The van der Waals surface area contributed by atoms with Crippen LogP contribution in [0.2, 0.25) is 5.02 Å². The summed E-state index contributed by atoms with van der Waals surface area (Å²) in [7, 11) is 0. The Hall–Kier alpha value is -2.37. The van der Waals surface area contributed by atoms with Gasteiger partial charge in [-0.05, 0) is 24.6 Å². The number of aromatic nitrogens is 1. The van der Waals surface area contributed by atoms with Gasteiger partial charge in [-0.2, -0.15) is 4.57 Å². The predicted octanol–water partition coefficient (Wildman–Crippen LogP) is 9.38. The van der Waals surface area contributed by atoms with Crippen LogP contribution in [0.3, 0.4) is 0 Å². The highest BCUT2D eigenvalue weighted by Crippen LogP contribution is 2.28. The number of amides is 1. The number of nitrogens with one attached hydrogen (secondary N) is 1. The maximum absolute atomic E-state index is 13.1. The van der Waals surface area contributed by atoms with Crippen LogP contribution in [0.15, 0.2) is 54.0 Å². The van der Waals surface area contributed by atoms with Gasteiger partial charge in [-0.3, -0.25) is 4.79 Å². The van der Waals surface area contributed by atoms with Crippen molar-refractivity contribution in [2.45, 2.75) is 97.4 Å². The number of benzene rings is 2. The number of carbonyl (C=O) groups is 1. The fourth-order valence-corrected chi connectivity index (χ4v) is 5.50. The van der Waals surface area contributed by atoms with E-state index in [2.05, 4.69) is 29.1 Å². The number of rotatable bonds is 18. The SMILES string of the molecule is CCCCCCCCCCCCCCOc1ccc(NC(=O)c2ccccc2C[n+]2ccsc2C)c(Cl)c1. The summed E-state index contributed by atoms with van der Waals surface area (Å²) in [5.41, 5.74) is 2.20. The molecule has 0 aliphatic carbocycles. The summed E-state index contributed by atoms with van der Waals surface area (Å²) >= 11 is 8.19. The lowest BCUT2D eigenvalue weighted by molar-refractivity contribution is -0.689. The highest BCUT2D eigenvalue weighted by Gasteiger charge is 2.17. The van der Waals surface area contributed by atoms with Crippen LogP contribution < -0.4 is 14.6 Å². The van der Waals surface area contributed by atoms with Crippen molar-refractivity contribution in [2.24, 2.45) is 0 Å². The molecule has 206 valence electrons. The molecular formula is C32H44ClN2O2S+. The summed E-state index contributed by atoms with van der Waals surface area (Å²) in [6.07, 6.45) is 17.9. The van der Waals surface area contributed by atoms with Crippen LogP contribution in [0.25, 0.3) is 0 Å². The quantitative estimate of drug-likeness (QED) is 0.125. The van der Waals surface area contributed by atoms with Gasteiger partial charge in [-0.25, -0.2) is 0 Å². The van der Waals surface area contributed by atoms with Gasteiger partial charge < -0.3 is 10.1 Å². The second-order valence-corrected chi connectivity index (χ2v) is 11.5. The number of unbranched alkanes of at least 4 members (excludes halogenated alkanes) is 11. The Bertz CT molecular complexity index is 1110. The second kappa shape index (κ2) is 17.3. The number of aryl methyl sites for hydroxylation is 1. The topological polar surface area (TPSA) is 42.2 Å². The van der Waals surface area contributed by atoms with Crippen LogP contribution in [0.5, 0.6) is 5.75 Å². The first kappa shape index (κ1) is 30.2. The Morgan fingerprint density at radius 1 is 0.921 bits per heavy atom. The lowest BCUT2D eigenvalue weighted by Crippen LogP contribution is -2.35. The first-order valence-corrected chi connectivity index (χ1v) is 15.6. The van der Waals surface area contributed by atoms with Crippen molar-refractivity contribution >= 4 is 34.5 Å². The van der Waals surface area contributed by atoms with E-state index >= 15 is 0 Å². The van der Waals surface area contributed by atoms with Crippen molar-refractivity contribution in [3.05, 3.63) is 75.2 Å². The molecule has 4 nitrogen and oxygen atoms in total. The van der Waals surface area contributed by atoms with E-state index in [1.54, 1.807) is 17.4 Å². The number of nitrogens with zero attached hydrogens (tertiary/aromatic N) is 1. The van der Waals surface area contributed by atoms with Crippen molar-refractivity contribution in [1.82, 2.24) is 0 Å². The monoisotopic (exact) mass is 555 g/mol. The largest absolute Gasteiger partial charge is 0.494 e. The molecule has 1 aromatic heterocycles. The van der Waals surface area contributed by atoms with Crippen LogP contribution in [-0.4, -0.2) is 12.5 Å². The normalized spacial score (nSPS) is 11.0. The van der Waals surface area contributed by atoms with Gasteiger partial charge in [0.05, 0.1) is 22.7 Å². The summed E-state index contributed by atoms with van der Waals surface area (Å²) in [6.45, 7) is 5.69. The molecule has 0 atom stereocenters. The molecular weight excluding hydrogens is 512 g/mol. The van der Waals surface area contributed by atoms with Crippen LogP contribution in [0.1, 0.15) is 105 Å². The molecule has 2 aromatic carbocycles. The third-order valence-electron chi connectivity index (χ3n) is 6.94. The number of ether oxygens (including phenoxy) is 1. The van der Waals surface area contributed by atoms with Gasteiger partial charge in [0.25, 0.3) is 5.91 Å². The first-order valence-electron chi connectivity index (χ1n) is 14.3. The molecule has 1 amide bonds. The highest BCUT2D eigenvalue weighted by atomic mass is 35.5. The third kappa shape index (κ3) is 10.4. The van der Waals surface area contributed by atoms with Crippen LogP contribution in [-0.2, 0) is 6.54 Å². The molecule has 0 aliphatic rings. The van der Waals surface area contributed by atoms with Crippen LogP contribution in [0, 0.1) is 6.92 Å². The van der Waals surface area contributed by atoms with Crippen molar-refractivity contribution in [2.75, 3.05) is 11.9 Å². The molecule has 3 rings (SSSR count). The van der Waals surface area contributed by atoms with Gasteiger partial charge in [0.15, 0.2) is 12.7 Å². The molecule has 0 saturated heterocycles. The Kier molecular flexibility index (Phi) is 13.7. The van der Waals surface area contributed by atoms with Crippen molar-refractivity contribution in [3.8, 4) is 5.75 Å². The molecule has 1 heterocycles. The average molecular weight is 556 g/mol. The smallest absolute Gasteiger partial charge is 0.256 e. The zero-order chi connectivity index (χ0) is 27.0. The van der Waals surface area contributed by atoms with Gasteiger partial charge in [0.2, 0.25) is 5.01 Å². The second-order valence-electron chi connectivity index (χ2n) is 10.0. The molecule has 0 saturated carbocycles. The van der Waals surface area contributed by atoms with Crippen molar-refractivity contribution < 1.29 is 14.1 Å². The predicted molar refractivity (Wildman–Crippen MR) is 161 cm³/mol. The van der Waals surface area contributed by atoms with E-state index in [9.17, 15) is 4.79 Å². The van der Waals surface area contributed by atoms with Crippen molar-refractivity contribution in [1.29, 1.82) is 0 Å². The first-order chi connectivity index (χ1) is 18.6. The van der Waals surface area contributed by atoms with Gasteiger partial charge in [-0.15, -0.1) is 0 Å². The van der Waals surface area contributed by atoms with E-state index in [1.807, 2.05) is 42.6 Å². The third-order valence-corrected chi connectivity index (χ3v) is 8.09. The number of hydrogen-bond donors (Lipinski definition) is 1. The van der Waals surface area contributed by atoms with Gasteiger partial charge in [0.1, 0.15) is 5.75 Å². The Morgan fingerprint density at radius 3 is 2.21 bits per heavy atom. The fourth-order valence-electron chi connectivity index (χ4n) is 4.61. The fraction of sp³-hybridized carbons (Fsp3) is 0.500. The minimum atomic E-state index is -0.166. The minimum absolute atomic E-state index is 0.166. The van der Waals surface area contributed by atoms with E-state index in [4.69, 9.17) is 16.3 Å². The summed E-state index contributed by atoms with van der Waals surface area (Å²) in [6, 6.07) is 13.2.